The zero-order chi connectivity index (χ0) is 23.0. The smallest absolute Gasteiger partial charge is 0.242 e. The Kier molecular flexibility index (Phi) is 8.66. The second-order valence-corrected chi connectivity index (χ2v) is 9.13. The van der Waals surface area contributed by atoms with Crippen LogP contribution in [0.3, 0.4) is 0 Å². The fraction of sp³-hybridized carbons (Fsp3) is 0.462. The molecule has 1 atom stereocenters. The molecule has 1 N–H and O–H groups in total. The summed E-state index contributed by atoms with van der Waals surface area (Å²) in [6.07, 6.45) is 0.912. The first kappa shape index (κ1) is 24.4. The maximum absolute atomic E-state index is 13.1. The van der Waals surface area contributed by atoms with Crippen LogP contribution in [0.5, 0.6) is 5.75 Å². The number of carbonyl (C=O) groups excluding carboxylic acids is 2. The summed E-state index contributed by atoms with van der Waals surface area (Å²) in [4.78, 5) is 27.6. The molecule has 31 heavy (non-hydrogen) atoms. The van der Waals surface area contributed by atoms with Crippen molar-refractivity contribution in [1.29, 1.82) is 0 Å². The van der Waals surface area contributed by atoms with E-state index in [1.54, 1.807) is 11.8 Å². The number of benzene rings is 2. The molecule has 2 amide bonds. The van der Waals surface area contributed by atoms with Crippen molar-refractivity contribution in [2.75, 3.05) is 6.61 Å². The maximum atomic E-state index is 13.1. The van der Waals surface area contributed by atoms with Crippen molar-refractivity contribution in [3.8, 4) is 5.75 Å². The number of aryl methyl sites for hydroxylation is 2. The third-order valence-corrected chi connectivity index (χ3v) is 5.09. The van der Waals surface area contributed by atoms with E-state index in [9.17, 15) is 9.59 Å². The molecule has 0 unspecified atom stereocenters. The number of nitrogens with one attached hydrogen (secondary N) is 1. The first-order chi connectivity index (χ1) is 14.6. The number of carbonyl (C=O) groups is 2. The van der Waals surface area contributed by atoms with Crippen molar-refractivity contribution < 1.29 is 14.3 Å². The van der Waals surface area contributed by atoms with E-state index in [4.69, 9.17) is 4.74 Å². The second-order valence-electron chi connectivity index (χ2n) is 9.13. The van der Waals surface area contributed by atoms with Gasteiger partial charge in [-0.1, -0.05) is 42.0 Å². The molecule has 2 aromatic carbocycles. The predicted octanol–water partition coefficient (Wildman–Crippen LogP) is 4.79. The van der Waals surface area contributed by atoms with Gasteiger partial charge in [0, 0.05) is 18.5 Å². The Bertz CT molecular complexity index is 869. The predicted molar refractivity (Wildman–Crippen MR) is 125 cm³/mol. The van der Waals surface area contributed by atoms with Gasteiger partial charge in [0.05, 0.1) is 6.61 Å². The van der Waals surface area contributed by atoms with Gasteiger partial charge in [0.25, 0.3) is 0 Å². The van der Waals surface area contributed by atoms with Crippen molar-refractivity contribution in [3.05, 3.63) is 65.2 Å². The molecule has 0 spiro atoms. The summed E-state index contributed by atoms with van der Waals surface area (Å²) in [5, 5.41) is 2.99. The van der Waals surface area contributed by atoms with Gasteiger partial charge in [-0.25, -0.2) is 0 Å². The lowest BCUT2D eigenvalue weighted by atomic mass is 10.1. The molecule has 2 rings (SSSR count). The summed E-state index contributed by atoms with van der Waals surface area (Å²) in [6, 6.07) is 15.3. The monoisotopic (exact) mass is 424 g/mol. The molecule has 0 saturated heterocycles. The normalized spacial score (nSPS) is 12.2. The van der Waals surface area contributed by atoms with Crippen LogP contribution in [-0.4, -0.2) is 34.9 Å². The molecular weight excluding hydrogens is 388 g/mol. The lowest BCUT2D eigenvalue weighted by Crippen LogP contribution is -2.52. The maximum Gasteiger partial charge on any atom is 0.242 e. The van der Waals surface area contributed by atoms with E-state index in [0.29, 0.717) is 26.0 Å². The lowest BCUT2D eigenvalue weighted by Gasteiger charge is -2.32. The zero-order valence-electron chi connectivity index (χ0n) is 19.7. The average Bonchev–Trinajstić information content (AvgIpc) is 2.70. The van der Waals surface area contributed by atoms with Crippen LogP contribution in [0.2, 0.25) is 0 Å². The first-order valence-electron chi connectivity index (χ1n) is 10.9. The lowest BCUT2D eigenvalue weighted by molar-refractivity contribution is -0.141. The van der Waals surface area contributed by atoms with Gasteiger partial charge in [0.15, 0.2) is 0 Å². The minimum Gasteiger partial charge on any atom is -0.494 e. The molecule has 0 radical (unpaired) electrons. The Morgan fingerprint density at radius 3 is 2.29 bits per heavy atom. The summed E-state index contributed by atoms with van der Waals surface area (Å²) in [7, 11) is 0. The number of amides is 2. The van der Waals surface area contributed by atoms with Crippen LogP contribution in [0.4, 0.5) is 0 Å². The number of rotatable bonds is 9. The van der Waals surface area contributed by atoms with Gasteiger partial charge < -0.3 is 15.0 Å². The third kappa shape index (κ3) is 8.08. The number of hydrogen-bond donors (Lipinski definition) is 1. The molecule has 2 aromatic rings. The Balaban J connectivity index is 2.03. The third-order valence-electron chi connectivity index (χ3n) is 5.09. The van der Waals surface area contributed by atoms with Crippen molar-refractivity contribution in [3.63, 3.8) is 0 Å². The average molecular weight is 425 g/mol. The summed E-state index contributed by atoms with van der Waals surface area (Å²) < 4.78 is 5.75. The van der Waals surface area contributed by atoms with E-state index >= 15 is 0 Å². The summed E-state index contributed by atoms with van der Waals surface area (Å²) >= 11 is 0. The van der Waals surface area contributed by atoms with Crippen molar-refractivity contribution in [1.82, 2.24) is 10.2 Å². The highest BCUT2D eigenvalue weighted by Crippen LogP contribution is 2.16. The van der Waals surface area contributed by atoms with E-state index < -0.39 is 6.04 Å². The molecule has 0 aliphatic carbocycles. The quantitative estimate of drug-likeness (QED) is 0.589. The van der Waals surface area contributed by atoms with E-state index in [-0.39, 0.29) is 17.4 Å². The van der Waals surface area contributed by atoms with Gasteiger partial charge in [-0.2, -0.15) is 0 Å². The van der Waals surface area contributed by atoms with Gasteiger partial charge in [-0.3, -0.25) is 9.59 Å². The number of nitrogens with zero attached hydrogens (tertiary/aromatic N) is 1. The number of hydrogen-bond acceptors (Lipinski definition) is 3. The zero-order valence-corrected chi connectivity index (χ0v) is 19.7. The minimum absolute atomic E-state index is 0.0488. The molecule has 5 nitrogen and oxygen atoms in total. The van der Waals surface area contributed by atoms with Gasteiger partial charge >= 0.3 is 0 Å². The van der Waals surface area contributed by atoms with E-state index in [2.05, 4.69) is 5.32 Å². The van der Waals surface area contributed by atoms with Crippen LogP contribution in [0.1, 0.15) is 57.2 Å². The van der Waals surface area contributed by atoms with Crippen LogP contribution >= 0.6 is 0 Å². The molecular formula is C26H36N2O3. The number of ether oxygens (including phenoxy) is 1. The molecule has 5 heteroatoms. The van der Waals surface area contributed by atoms with Crippen LogP contribution < -0.4 is 10.1 Å². The Morgan fingerprint density at radius 2 is 1.68 bits per heavy atom. The van der Waals surface area contributed by atoms with Crippen LogP contribution in [0.15, 0.2) is 48.5 Å². The van der Waals surface area contributed by atoms with Crippen molar-refractivity contribution in [2.24, 2.45) is 0 Å². The van der Waals surface area contributed by atoms with Gasteiger partial charge in [-0.05, 0) is 71.2 Å². The topological polar surface area (TPSA) is 58.6 Å². The van der Waals surface area contributed by atoms with E-state index in [0.717, 1.165) is 16.9 Å². The van der Waals surface area contributed by atoms with Crippen LogP contribution in [0.25, 0.3) is 0 Å². The van der Waals surface area contributed by atoms with Gasteiger partial charge in [0.2, 0.25) is 11.8 Å². The molecule has 0 saturated carbocycles. The molecule has 0 heterocycles. The summed E-state index contributed by atoms with van der Waals surface area (Å²) in [5.41, 5.74) is 2.97. The second kappa shape index (κ2) is 11.0. The van der Waals surface area contributed by atoms with Gasteiger partial charge in [-0.15, -0.1) is 0 Å². The van der Waals surface area contributed by atoms with Crippen molar-refractivity contribution in [2.45, 2.75) is 72.5 Å². The van der Waals surface area contributed by atoms with Crippen LogP contribution in [-0.2, 0) is 16.1 Å². The van der Waals surface area contributed by atoms with E-state index in [1.807, 2.05) is 83.1 Å². The fourth-order valence-corrected chi connectivity index (χ4v) is 3.22. The van der Waals surface area contributed by atoms with Crippen LogP contribution in [0, 0.1) is 13.8 Å². The summed E-state index contributed by atoms with van der Waals surface area (Å²) in [6.45, 7) is 12.5. The SMILES string of the molecule is Cc1ccc(OCCCC(=O)N(Cc2ccccc2C)[C@@H](C)C(=O)NC(C)(C)C)cc1. The molecule has 0 bridgehead atoms. The summed E-state index contributed by atoms with van der Waals surface area (Å²) in [5.74, 6) is 0.602. The fourth-order valence-electron chi connectivity index (χ4n) is 3.22. The Morgan fingerprint density at radius 1 is 1.03 bits per heavy atom. The standard InChI is InChI=1S/C26H36N2O3/c1-19-13-15-23(16-14-19)31-17-9-12-24(29)28(18-22-11-8-7-10-20(22)2)21(3)25(30)27-26(4,5)6/h7-8,10-11,13-16,21H,9,12,17-18H2,1-6H3,(H,27,30)/t21-/m0/s1. The van der Waals surface area contributed by atoms with E-state index in [1.165, 1.54) is 5.56 Å². The van der Waals surface area contributed by atoms with Crippen molar-refractivity contribution >= 4 is 11.8 Å². The first-order valence-corrected chi connectivity index (χ1v) is 10.9. The Hall–Kier alpha value is -2.82. The molecule has 0 aliphatic rings. The molecule has 0 aromatic heterocycles. The highest BCUT2D eigenvalue weighted by atomic mass is 16.5. The Labute approximate surface area is 186 Å². The highest BCUT2D eigenvalue weighted by molar-refractivity contribution is 5.87. The molecule has 168 valence electrons. The van der Waals surface area contributed by atoms with Gasteiger partial charge in [0.1, 0.15) is 11.8 Å². The minimum atomic E-state index is -0.565. The highest BCUT2D eigenvalue weighted by Gasteiger charge is 2.28. The molecule has 0 aliphatic heterocycles. The molecule has 0 fully saturated rings. The largest absolute Gasteiger partial charge is 0.494 e.